The molecule has 2 aliphatic rings. The van der Waals surface area contributed by atoms with Crippen LogP contribution in [0.2, 0.25) is 0 Å². The van der Waals surface area contributed by atoms with Crippen LogP contribution in [0.1, 0.15) is 61.5 Å². The average molecular weight is 302 g/mol. The van der Waals surface area contributed by atoms with Crippen molar-refractivity contribution in [1.29, 1.82) is 0 Å². The average Bonchev–Trinajstić information content (AvgIpc) is 3.03. The van der Waals surface area contributed by atoms with Gasteiger partial charge in [0.1, 0.15) is 0 Å². The fourth-order valence-corrected chi connectivity index (χ4v) is 3.69. The Morgan fingerprint density at radius 1 is 1.27 bits per heavy atom. The molecule has 0 bridgehead atoms. The van der Waals surface area contributed by atoms with Crippen molar-refractivity contribution in [3.05, 3.63) is 29.1 Å². The summed E-state index contributed by atoms with van der Waals surface area (Å²) < 4.78 is 0. The third-order valence-electron chi connectivity index (χ3n) is 4.87. The zero-order chi connectivity index (χ0) is 15.5. The van der Waals surface area contributed by atoms with Crippen molar-refractivity contribution in [2.45, 2.75) is 64.5 Å². The summed E-state index contributed by atoms with van der Waals surface area (Å²) in [6.07, 6.45) is 10.7. The Bertz CT molecular complexity index is 536. The fourth-order valence-electron chi connectivity index (χ4n) is 3.69. The van der Waals surface area contributed by atoms with Gasteiger partial charge in [-0.2, -0.15) is 5.10 Å². The molecule has 5 nitrogen and oxygen atoms in total. The number of likely N-dealkylation sites (tertiary alicyclic amines) is 1. The van der Waals surface area contributed by atoms with Crippen molar-refractivity contribution in [2.75, 3.05) is 6.54 Å². The lowest BCUT2D eigenvalue weighted by Gasteiger charge is -2.31. The molecule has 0 aromatic carbocycles. The number of amides is 2. The highest BCUT2D eigenvalue weighted by atomic mass is 16.2. The minimum Gasteiger partial charge on any atom is -0.335 e. The summed E-state index contributed by atoms with van der Waals surface area (Å²) >= 11 is 0. The van der Waals surface area contributed by atoms with Crippen LogP contribution in [-0.4, -0.2) is 33.7 Å². The summed E-state index contributed by atoms with van der Waals surface area (Å²) in [4.78, 5) is 14.8. The predicted octanol–water partition coefficient (Wildman–Crippen LogP) is 3.37. The number of carbonyl (C=O) groups is 1. The number of nitrogens with one attached hydrogen (secondary N) is 2. The molecule has 1 saturated heterocycles. The number of urea groups is 1. The largest absolute Gasteiger partial charge is 0.335 e. The lowest BCUT2D eigenvalue weighted by Crippen LogP contribution is -2.45. The Kier molecular flexibility index (Phi) is 4.50. The van der Waals surface area contributed by atoms with E-state index in [1.165, 1.54) is 18.4 Å². The number of hydrogen-bond donors (Lipinski definition) is 2. The zero-order valence-corrected chi connectivity index (χ0v) is 13.6. The van der Waals surface area contributed by atoms with Crippen LogP contribution in [0.25, 0.3) is 0 Å². The minimum absolute atomic E-state index is 0.0839. The molecule has 120 valence electrons. The van der Waals surface area contributed by atoms with Crippen molar-refractivity contribution in [3.63, 3.8) is 0 Å². The van der Waals surface area contributed by atoms with Crippen molar-refractivity contribution < 1.29 is 4.79 Å². The van der Waals surface area contributed by atoms with Crippen molar-refractivity contribution >= 4 is 6.03 Å². The van der Waals surface area contributed by atoms with Crippen molar-refractivity contribution in [1.82, 2.24) is 20.4 Å². The molecule has 22 heavy (non-hydrogen) atoms. The molecule has 2 heterocycles. The molecule has 1 aliphatic heterocycles. The van der Waals surface area contributed by atoms with Crippen LogP contribution in [0.3, 0.4) is 0 Å². The number of aromatic nitrogens is 2. The van der Waals surface area contributed by atoms with Crippen LogP contribution in [0.15, 0.2) is 12.2 Å². The van der Waals surface area contributed by atoms with Gasteiger partial charge in [-0.3, -0.25) is 5.10 Å². The van der Waals surface area contributed by atoms with Gasteiger partial charge in [0.25, 0.3) is 0 Å². The fraction of sp³-hybridized carbons (Fsp3) is 0.647. The van der Waals surface area contributed by atoms with Crippen LogP contribution in [0.4, 0.5) is 4.79 Å². The number of H-pyrrole nitrogens is 1. The molecular weight excluding hydrogens is 276 g/mol. The molecule has 1 unspecified atom stereocenters. The SMILES string of the molecule is Cc1n[nH]c(C)c1C1CCCCCN1C(=O)NC1CC=CC1. The Balaban J connectivity index is 1.80. The van der Waals surface area contributed by atoms with Gasteiger partial charge >= 0.3 is 6.03 Å². The van der Waals surface area contributed by atoms with Gasteiger partial charge in [-0.1, -0.05) is 25.0 Å². The van der Waals surface area contributed by atoms with E-state index in [1.807, 2.05) is 11.8 Å². The normalized spacial score (nSPS) is 22.8. The smallest absolute Gasteiger partial charge is 0.318 e. The molecule has 3 rings (SSSR count). The van der Waals surface area contributed by atoms with Crippen LogP contribution in [0.5, 0.6) is 0 Å². The Morgan fingerprint density at radius 3 is 2.73 bits per heavy atom. The second-order valence-electron chi connectivity index (χ2n) is 6.50. The Morgan fingerprint density at radius 2 is 2.05 bits per heavy atom. The Hall–Kier alpha value is -1.78. The van der Waals surface area contributed by atoms with Gasteiger partial charge in [0, 0.05) is 23.8 Å². The number of nitrogens with zero attached hydrogens (tertiary/aromatic N) is 2. The number of rotatable bonds is 2. The monoisotopic (exact) mass is 302 g/mol. The molecule has 0 saturated carbocycles. The molecule has 1 fully saturated rings. The first-order chi connectivity index (χ1) is 10.7. The third-order valence-corrected chi connectivity index (χ3v) is 4.87. The lowest BCUT2D eigenvalue weighted by atomic mass is 9.99. The van der Waals surface area contributed by atoms with E-state index in [0.29, 0.717) is 0 Å². The standard InChI is InChI=1S/C17H26N4O/c1-12-16(13(2)20-19-12)15-10-4-3-7-11-21(15)17(22)18-14-8-5-6-9-14/h5-6,14-15H,3-4,7-11H2,1-2H3,(H,18,22)(H,19,20). The predicted molar refractivity (Wildman–Crippen MR) is 86.7 cm³/mol. The quantitative estimate of drug-likeness (QED) is 0.823. The maximum atomic E-state index is 12.8. The molecule has 1 aliphatic carbocycles. The Labute approximate surface area is 132 Å². The van der Waals surface area contributed by atoms with Crippen LogP contribution < -0.4 is 5.32 Å². The van der Waals surface area contributed by atoms with Crippen LogP contribution in [0, 0.1) is 13.8 Å². The van der Waals surface area contributed by atoms with E-state index in [0.717, 1.165) is 43.6 Å². The third kappa shape index (κ3) is 3.03. The highest BCUT2D eigenvalue weighted by molar-refractivity contribution is 5.75. The van der Waals surface area contributed by atoms with E-state index < -0.39 is 0 Å². The van der Waals surface area contributed by atoms with Gasteiger partial charge in [0.05, 0.1) is 11.7 Å². The summed E-state index contributed by atoms with van der Waals surface area (Å²) in [6, 6.07) is 0.499. The van der Waals surface area contributed by atoms with E-state index in [4.69, 9.17) is 0 Å². The van der Waals surface area contributed by atoms with E-state index >= 15 is 0 Å². The van der Waals surface area contributed by atoms with E-state index in [1.54, 1.807) is 0 Å². The molecule has 1 aromatic rings. The second-order valence-corrected chi connectivity index (χ2v) is 6.50. The molecule has 2 amide bonds. The minimum atomic E-state index is 0.0839. The van der Waals surface area contributed by atoms with Gasteiger partial charge < -0.3 is 10.2 Å². The molecule has 0 radical (unpaired) electrons. The maximum absolute atomic E-state index is 12.8. The first-order valence-corrected chi connectivity index (χ1v) is 8.40. The molecular formula is C17H26N4O. The second kappa shape index (κ2) is 6.55. The van der Waals surface area contributed by atoms with E-state index in [2.05, 4.69) is 34.6 Å². The van der Waals surface area contributed by atoms with Gasteiger partial charge in [-0.05, 0) is 39.5 Å². The number of hydrogen-bond acceptors (Lipinski definition) is 2. The van der Waals surface area contributed by atoms with Crippen LogP contribution in [-0.2, 0) is 0 Å². The summed E-state index contributed by atoms with van der Waals surface area (Å²) in [5.74, 6) is 0. The van der Waals surface area contributed by atoms with Gasteiger partial charge in [0.15, 0.2) is 0 Å². The van der Waals surface area contributed by atoms with Crippen molar-refractivity contribution in [3.8, 4) is 0 Å². The first-order valence-electron chi connectivity index (χ1n) is 8.40. The summed E-state index contributed by atoms with van der Waals surface area (Å²) in [7, 11) is 0. The highest BCUT2D eigenvalue weighted by Crippen LogP contribution is 2.33. The van der Waals surface area contributed by atoms with E-state index in [-0.39, 0.29) is 18.1 Å². The van der Waals surface area contributed by atoms with E-state index in [9.17, 15) is 4.79 Å². The number of carbonyl (C=O) groups excluding carboxylic acids is 1. The van der Waals surface area contributed by atoms with Gasteiger partial charge in [-0.15, -0.1) is 0 Å². The molecule has 1 atom stereocenters. The maximum Gasteiger partial charge on any atom is 0.318 e. The summed E-state index contributed by atoms with van der Waals surface area (Å²) in [5.41, 5.74) is 3.32. The lowest BCUT2D eigenvalue weighted by molar-refractivity contribution is 0.172. The highest BCUT2D eigenvalue weighted by Gasteiger charge is 2.31. The van der Waals surface area contributed by atoms with Gasteiger partial charge in [0.2, 0.25) is 0 Å². The zero-order valence-electron chi connectivity index (χ0n) is 13.6. The van der Waals surface area contributed by atoms with Gasteiger partial charge in [-0.25, -0.2) is 4.79 Å². The molecule has 2 N–H and O–H groups in total. The van der Waals surface area contributed by atoms with Crippen molar-refractivity contribution in [2.24, 2.45) is 0 Å². The van der Waals surface area contributed by atoms with Crippen LogP contribution >= 0.6 is 0 Å². The number of aryl methyl sites for hydroxylation is 2. The molecule has 0 spiro atoms. The molecule has 5 heteroatoms. The first kappa shape index (κ1) is 15.1. The summed E-state index contributed by atoms with van der Waals surface area (Å²) in [6.45, 7) is 4.92. The molecule has 1 aromatic heterocycles. The topological polar surface area (TPSA) is 61.0 Å². The summed E-state index contributed by atoms with van der Waals surface area (Å²) in [5, 5.41) is 10.6. The number of aromatic amines is 1.